The highest BCUT2D eigenvalue weighted by molar-refractivity contribution is 8.03. The summed E-state index contributed by atoms with van der Waals surface area (Å²) in [6.07, 6.45) is -4.44. The van der Waals surface area contributed by atoms with Gasteiger partial charge in [0.2, 0.25) is 11.8 Å². The van der Waals surface area contributed by atoms with Gasteiger partial charge in [-0.15, -0.1) is 0 Å². The molecule has 0 fully saturated rings. The number of hydrogen-bond acceptors (Lipinski definition) is 5. The number of nitriles is 1. The van der Waals surface area contributed by atoms with Crippen molar-refractivity contribution in [2.45, 2.75) is 18.5 Å². The number of halogens is 3. The van der Waals surface area contributed by atoms with Crippen LogP contribution in [0.25, 0.3) is 0 Å². The number of alkyl halides is 3. The summed E-state index contributed by atoms with van der Waals surface area (Å²) in [4.78, 5) is 24.5. The van der Waals surface area contributed by atoms with Gasteiger partial charge in [-0.2, -0.15) is 18.4 Å². The van der Waals surface area contributed by atoms with Crippen molar-refractivity contribution in [3.63, 3.8) is 0 Å². The van der Waals surface area contributed by atoms with Gasteiger partial charge < -0.3 is 15.4 Å². The third-order valence-electron chi connectivity index (χ3n) is 4.70. The molecule has 0 radical (unpaired) electrons. The molecule has 0 saturated carbocycles. The summed E-state index contributed by atoms with van der Waals surface area (Å²) < 4.78 is 43.6. The minimum Gasteiger partial charge on any atom is -0.497 e. The third-order valence-corrected chi connectivity index (χ3v) is 5.71. The number of nitrogens with one attached hydrogen (secondary N) is 2. The predicted molar refractivity (Wildman–Crippen MR) is 114 cm³/mol. The van der Waals surface area contributed by atoms with Gasteiger partial charge in [-0.1, -0.05) is 30.0 Å². The lowest BCUT2D eigenvalue weighted by molar-refractivity contribution is -0.137. The predicted octanol–water partition coefficient (Wildman–Crippen LogP) is 4.42. The van der Waals surface area contributed by atoms with Crippen molar-refractivity contribution in [2.75, 3.05) is 18.2 Å². The maximum atomic E-state index is 12.8. The van der Waals surface area contributed by atoms with Gasteiger partial charge in [0.1, 0.15) is 5.75 Å². The van der Waals surface area contributed by atoms with Crippen LogP contribution in [-0.4, -0.2) is 24.7 Å². The molecule has 2 amide bonds. The van der Waals surface area contributed by atoms with E-state index in [9.17, 15) is 28.0 Å². The van der Waals surface area contributed by atoms with E-state index in [0.29, 0.717) is 11.3 Å². The molecule has 0 unspecified atom stereocenters. The quantitative estimate of drug-likeness (QED) is 0.665. The Hall–Kier alpha value is -3.45. The van der Waals surface area contributed by atoms with Gasteiger partial charge in [0, 0.05) is 18.0 Å². The van der Waals surface area contributed by atoms with E-state index in [4.69, 9.17) is 4.74 Å². The maximum absolute atomic E-state index is 12.8. The molecule has 1 atom stereocenters. The van der Waals surface area contributed by atoms with Gasteiger partial charge in [-0.25, -0.2) is 0 Å². The van der Waals surface area contributed by atoms with E-state index in [0.717, 1.165) is 29.5 Å². The lowest BCUT2D eigenvalue weighted by atomic mass is 9.87. The number of amides is 2. The van der Waals surface area contributed by atoms with Crippen LogP contribution < -0.4 is 15.4 Å². The van der Waals surface area contributed by atoms with E-state index in [-0.39, 0.29) is 28.8 Å². The monoisotopic (exact) mass is 461 g/mol. The normalized spacial score (nSPS) is 16.2. The molecule has 0 aromatic heterocycles. The van der Waals surface area contributed by atoms with Gasteiger partial charge >= 0.3 is 6.18 Å². The summed E-state index contributed by atoms with van der Waals surface area (Å²) in [5.41, 5.74) is 0.193. The number of methoxy groups -OCH3 is 1. The molecule has 1 aliphatic rings. The number of thioether (sulfide) groups is 1. The van der Waals surface area contributed by atoms with Crippen molar-refractivity contribution in [1.82, 2.24) is 5.32 Å². The molecule has 2 aromatic carbocycles. The molecule has 2 aromatic rings. The first kappa shape index (κ1) is 23.2. The van der Waals surface area contributed by atoms with Gasteiger partial charge in [0.05, 0.1) is 35.1 Å². The molecule has 1 heterocycles. The van der Waals surface area contributed by atoms with Crippen LogP contribution in [0.15, 0.2) is 59.1 Å². The number of hydrogen-bond donors (Lipinski definition) is 2. The standard InChI is InChI=1S/C22H18F3N3O3S/c1-31-16-7-5-13(6-8-16)17-10-19(29)28-21(18(17)11-26)32-12-20(30)27-15-4-2-3-14(9-15)22(23,24)25/h2-9,17H,10,12H2,1H3,(H,27,30)(H,28,29)/t17-/m1/s1. The van der Waals surface area contributed by atoms with Crippen LogP contribution in [0.2, 0.25) is 0 Å². The summed E-state index contributed by atoms with van der Waals surface area (Å²) in [5.74, 6) is -0.914. The van der Waals surface area contributed by atoms with Crippen molar-refractivity contribution in [3.8, 4) is 11.8 Å². The van der Waals surface area contributed by atoms with Gasteiger partial charge in [-0.3, -0.25) is 9.59 Å². The Labute approximate surface area is 186 Å². The fourth-order valence-electron chi connectivity index (χ4n) is 3.16. The Balaban J connectivity index is 1.73. The zero-order valence-electron chi connectivity index (χ0n) is 16.8. The smallest absolute Gasteiger partial charge is 0.416 e. The summed E-state index contributed by atoms with van der Waals surface area (Å²) >= 11 is 0.943. The Morgan fingerprint density at radius 1 is 1.28 bits per heavy atom. The highest BCUT2D eigenvalue weighted by Crippen LogP contribution is 2.36. The van der Waals surface area contributed by atoms with Crippen LogP contribution in [0.3, 0.4) is 0 Å². The topological polar surface area (TPSA) is 91.2 Å². The molecule has 0 saturated heterocycles. The summed E-state index contributed by atoms with van der Waals surface area (Å²) in [5, 5.41) is 15.0. The average Bonchev–Trinajstić information content (AvgIpc) is 2.77. The molecule has 0 aliphatic carbocycles. The Morgan fingerprint density at radius 2 is 2.00 bits per heavy atom. The number of benzene rings is 2. The number of rotatable bonds is 6. The average molecular weight is 461 g/mol. The number of ether oxygens (including phenoxy) is 1. The number of nitrogens with zero attached hydrogens (tertiary/aromatic N) is 1. The fraction of sp³-hybridized carbons (Fsp3) is 0.227. The van der Waals surface area contributed by atoms with E-state index >= 15 is 0 Å². The summed E-state index contributed by atoms with van der Waals surface area (Å²) in [6, 6.07) is 13.4. The molecule has 32 heavy (non-hydrogen) atoms. The molecule has 0 bridgehead atoms. The van der Waals surface area contributed by atoms with E-state index in [1.54, 1.807) is 24.3 Å². The van der Waals surface area contributed by atoms with Gasteiger partial charge in [-0.05, 0) is 35.9 Å². The number of carbonyl (C=O) groups excluding carboxylic acids is 2. The SMILES string of the molecule is COc1ccc([C@H]2CC(=O)NC(SCC(=O)Nc3cccc(C(F)(F)F)c3)=C2C#N)cc1. The van der Waals surface area contributed by atoms with Crippen LogP contribution in [0.4, 0.5) is 18.9 Å². The van der Waals surface area contributed by atoms with Crippen LogP contribution >= 0.6 is 11.8 Å². The molecule has 10 heteroatoms. The Morgan fingerprint density at radius 3 is 2.62 bits per heavy atom. The fourth-order valence-corrected chi connectivity index (χ4v) is 4.04. The highest BCUT2D eigenvalue weighted by atomic mass is 32.2. The second kappa shape index (κ2) is 9.78. The Kier molecular flexibility index (Phi) is 7.10. The first-order chi connectivity index (χ1) is 15.2. The minimum absolute atomic E-state index is 0.00343. The lowest BCUT2D eigenvalue weighted by Gasteiger charge is -2.25. The summed E-state index contributed by atoms with van der Waals surface area (Å²) in [6.45, 7) is 0. The first-order valence-corrected chi connectivity index (χ1v) is 10.4. The largest absolute Gasteiger partial charge is 0.497 e. The van der Waals surface area contributed by atoms with Crippen molar-refractivity contribution in [2.24, 2.45) is 0 Å². The van der Waals surface area contributed by atoms with E-state index < -0.39 is 23.6 Å². The van der Waals surface area contributed by atoms with E-state index in [1.807, 2.05) is 0 Å². The second-order valence-electron chi connectivity index (χ2n) is 6.85. The molecule has 166 valence electrons. The van der Waals surface area contributed by atoms with Crippen LogP contribution in [0.1, 0.15) is 23.5 Å². The van der Waals surface area contributed by atoms with Crippen molar-refractivity contribution in [3.05, 3.63) is 70.3 Å². The number of carbonyl (C=O) groups is 2. The third kappa shape index (κ3) is 5.62. The zero-order valence-corrected chi connectivity index (χ0v) is 17.6. The Bertz CT molecular complexity index is 1090. The van der Waals surface area contributed by atoms with Gasteiger partial charge in [0.25, 0.3) is 0 Å². The second-order valence-corrected chi connectivity index (χ2v) is 7.83. The molecular weight excluding hydrogens is 443 g/mol. The molecule has 2 N–H and O–H groups in total. The van der Waals surface area contributed by atoms with Crippen LogP contribution in [0, 0.1) is 11.3 Å². The molecule has 6 nitrogen and oxygen atoms in total. The molecule has 0 spiro atoms. The van der Waals surface area contributed by atoms with Crippen molar-refractivity contribution < 1.29 is 27.5 Å². The summed E-state index contributed by atoms with van der Waals surface area (Å²) in [7, 11) is 1.53. The molecule has 3 rings (SSSR count). The van der Waals surface area contributed by atoms with Crippen molar-refractivity contribution in [1.29, 1.82) is 5.26 Å². The number of anilines is 1. The van der Waals surface area contributed by atoms with Crippen LogP contribution in [-0.2, 0) is 15.8 Å². The first-order valence-electron chi connectivity index (χ1n) is 9.39. The minimum atomic E-state index is -4.52. The zero-order chi connectivity index (χ0) is 23.3. The molecule has 1 aliphatic heterocycles. The van der Waals surface area contributed by atoms with Crippen molar-refractivity contribution >= 4 is 29.3 Å². The van der Waals surface area contributed by atoms with E-state index in [2.05, 4.69) is 16.7 Å². The van der Waals surface area contributed by atoms with Crippen LogP contribution in [0.5, 0.6) is 5.75 Å². The van der Waals surface area contributed by atoms with Gasteiger partial charge in [0.15, 0.2) is 0 Å². The highest BCUT2D eigenvalue weighted by Gasteiger charge is 2.31. The maximum Gasteiger partial charge on any atom is 0.416 e. The molecular formula is C22H18F3N3O3S. The lowest BCUT2D eigenvalue weighted by Crippen LogP contribution is -2.31. The van der Waals surface area contributed by atoms with E-state index in [1.165, 1.54) is 19.2 Å². The number of allylic oxidation sites excluding steroid dienone is 1.